The van der Waals surface area contributed by atoms with E-state index in [2.05, 4.69) is 21.2 Å². The van der Waals surface area contributed by atoms with Crippen LogP contribution in [-0.4, -0.2) is 17.1 Å². The van der Waals surface area contributed by atoms with Gasteiger partial charge in [0, 0.05) is 0 Å². The van der Waals surface area contributed by atoms with Gasteiger partial charge in [-0.15, -0.1) is 0 Å². The summed E-state index contributed by atoms with van der Waals surface area (Å²) < 4.78 is 0. The Morgan fingerprint density at radius 3 is 2.57 bits per heavy atom. The first-order valence-electron chi connectivity index (χ1n) is 3.90. The Morgan fingerprint density at radius 1 is 1.36 bits per heavy atom. The van der Waals surface area contributed by atoms with Gasteiger partial charge < -0.3 is 11.1 Å². The van der Waals surface area contributed by atoms with E-state index in [-0.39, 0.29) is 11.2 Å². The van der Waals surface area contributed by atoms with Crippen molar-refractivity contribution >= 4 is 33.4 Å². The number of carbonyl (C=O) groups is 2. The number of para-hydroxylation sites is 1. The Kier molecular flexibility index (Phi) is 3.64. The molecule has 74 valence electrons. The third kappa shape index (κ3) is 2.56. The van der Waals surface area contributed by atoms with E-state index in [0.29, 0.717) is 11.3 Å². The molecule has 0 aromatic heterocycles. The van der Waals surface area contributed by atoms with Crippen molar-refractivity contribution in [2.45, 2.75) is 0 Å². The van der Waals surface area contributed by atoms with Gasteiger partial charge in [-0.25, -0.2) is 0 Å². The summed E-state index contributed by atoms with van der Waals surface area (Å²) in [5.74, 6) is -0.783. The molecule has 0 saturated carbocycles. The summed E-state index contributed by atoms with van der Waals surface area (Å²) in [5, 5.41) is 2.74. The number of anilines is 1. The van der Waals surface area contributed by atoms with Crippen molar-refractivity contribution in [2.75, 3.05) is 10.6 Å². The molecule has 0 aliphatic heterocycles. The van der Waals surface area contributed by atoms with Crippen LogP contribution in [0.3, 0.4) is 0 Å². The molecular formula is C9H9BrN2O2. The van der Waals surface area contributed by atoms with Crippen molar-refractivity contribution in [3.63, 3.8) is 0 Å². The second kappa shape index (κ2) is 4.76. The molecule has 1 aromatic carbocycles. The van der Waals surface area contributed by atoms with Gasteiger partial charge in [0.15, 0.2) is 0 Å². The van der Waals surface area contributed by atoms with Crippen LogP contribution in [0.1, 0.15) is 10.4 Å². The molecule has 0 heterocycles. The number of amides is 2. The summed E-state index contributed by atoms with van der Waals surface area (Å²) in [5.41, 5.74) is 5.87. The largest absolute Gasteiger partial charge is 0.366 e. The van der Waals surface area contributed by atoms with E-state index in [1.807, 2.05) is 0 Å². The van der Waals surface area contributed by atoms with E-state index in [9.17, 15) is 9.59 Å². The van der Waals surface area contributed by atoms with E-state index in [1.54, 1.807) is 24.3 Å². The molecule has 5 heteroatoms. The third-order valence-corrected chi connectivity index (χ3v) is 2.10. The average Bonchev–Trinajstić information content (AvgIpc) is 2.18. The normalized spacial score (nSPS) is 9.50. The number of nitrogens with one attached hydrogen (secondary N) is 1. The van der Waals surface area contributed by atoms with E-state index >= 15 is 0 Å². The van der Waals surface area contributed by atoms with E-state index in [1.165, 1.54) is 0 Å². The van der Waals surface area contributed by atoms with Crippen LogP contribution >= 0.6 is 15.9 Å². The van der Waals surface area contributed by atoms with Gasteiger partial charge in [-0.2, -0.15) is 0 Å². The molecule has 2 amide bonds. The summed E-state index contributed by atoms with van der Waals surface area (Å²) in [6.07, 6.45) is 0. The minimum absolute atomic E-state index is 0.181. The summed E-state index contributed by atoms with van der Waals surface area (Å²) in [7, 11) is 0. The third-order valence-electron chi connectivity index (χ3n) is 1.59. The molecule has 4 nitrogen and oxygen atoms in total. The van der Waals surface area contributed by atoms with Crippen LogP contribution in [0.5, 0.6) is 0 Å². The van der Waals surface area contributed by atoms with Crippen LogP contribution in [0.4, 0.5) is 5.69 Å². The molecule has 0 saturated heterocycles. The van der Waals surface area contributed by atoms with E-state index in [0.717, 1.165) is 0 Å². The summed E-state index contributed by atoms with van der Waals surface area (Å²) in [6, 6.07) is 6.59. The van der Waals surface area contributed by atoms with Crippen molar-refractivity contribution in [3.05, 3.63) is 29.8 Å². The maximum Gasteiger partial charge on any atom is 0.250 e. The Labute approximate surface area is 89.6 Å². The Bertz CT molecular complexity index is 366. The molecule has 14 heavy (non-hydrogen) atoms. The van der Waals surface area contributed by atoms with Crippen molar-refractivity contribution < 1.29 is 9.59 Å². The van der Waals surface area contributed by atoms with E-state index < -0.39 is 5.91 Å². The van der Waals surface area contributed by atoms with Gasteiger partial charge in [-0.1, -0.05) is 28.1 Å². The first-order valence-corrected chi connectivity index (χ1v) is 5.02. The van der Waals surface area contributed by atoms with Crippen LogP contribution in [0.25, 0.3) is 0 Å². The molecule has 0 aliphatic rings. The van der Waals surface area contributed by atoms with Crippen LogP contribution in [-0.2, 0) is 4.79 Å². The maximum atomic E-state index is 11.0. The zero-order chi connectivity index (χ0) is 10.6. The number of benzene rings is 1. The SMILES string of the molecule is NC(=O)c1ccccc1NC(=O)CBr. The molecule has 0 fully saturated rings. The summed E-state index contributed by atoms with van der Waals surface area (Å²) >= 11 is 3.01. The lowest BCUT2D eigenvalue weighted by molar-refractivity contribution is -0.113. The number of hydrogen-bond donors (Lipinski definition) is 2. The Morgan fingerprint density at radius 2 is 2.00 bits per heavy atom. The first-order chi connectivity index (χ1) is 6.65. The maximum absolute atomic E-state index is 11.0. The van der Waals surface area contributed by atoms with Crippen molar-refractivity contribution in [1.29, 1.82) is 0 Å². The molecule has 0 unspecified atom stereocenters. The predicted molar refractivity (Wildman–Crippen MR) is 57.4 cm³/mol. The van der Waals surface area contributed by atoms with Gasteiger partial charge in [0.2, 0.25) is 5.91 Å². The molecule has 0 spiro atoms. The molecule has 1 aromatic rings. The quantitative estimate of drug-likeness (QED) is 0.796. The number of alkyl halides is 1. The van der Waals surface area contributed by atoms with Gasteiger partial charge >= 0.3 is 0 Å². The molecular weight excluding hydrogens is 248 g/mol. The number of nitrogens with two attached hydrogens (primary N) is 1. The molecule has 1 rings (SSSR count). The molecule has 3 N–H and O–H groups in total. The lowest BCUT2D eigenvalue weighted by Crippen LogP contribution is -2.18. The smallest absolute Gasteiger partial charge is 0.250 e. The highest BCUT2D eigenvalue weighted by atomic mass is 79.9. The average molecular weight is 257 g/mol. The molecule has 0 aliphatic carbocycles. The first kappa shape index (κ1) is 10.7. The van der Waals surface area contributed by atoms with Crippen LogP contribution in [0.2, 0.25) is 0 Å². The molecule has 0 atom stereocenters. The monoisotopic (exact) mass is 256 g/mol. The molecule has 0 radical (unpaired) electrons. The van der Waals surface area contributed by atoms with Crippen LogP contribution in [0, 0.1) is 0 Å². The fourth-order valence-corrected chi connectivity index (χ4v) is 1.13. The minimum Gasteiger partial charge on any atom is -0.366 e. The second-order valence-electron chi connectivity index (χ2n) is 2.59. The zero-order valence-electron chi connectivity index (χ0n) is 7.29. The van der Waals surface area contributed by atoms with Crippen molar-refractivity contribution in [1.82, 2.24) is 0 Å². The molecule has 0 bridgehead atoms. The fourth-order valence-electron chi connectivity index (χ4n) is 0.991. The van der Waals surface area contributed by atoms with Crippen LogP contribution < -0.4 is 11.1 Å². The Hall–Kier alpha value is -1.36. The summed E-state index contributed by atoms with van der Waals surface area (Å²) in [6.45, 7) is 0. The topological polar surface area (TPSA) is 72.2 Å². The van der Waals surface area contributed by atoms with Crippen molar-refractivity contribution in [2.24, 2.45) is 5.73 Å². The lowest BCUT2D eigenvalue weighted by Gasteiger charge is -2.06. The van der Waals surface area contributed by atoms with E-state index in [4.69, 9.17) is 5.73 Å². The highest BCUT2D eigenvalue weighted by Crippen LogP contribution is 2.13. The van der Waals surface area contributed by atoms with Gasteiger partial charge in [-0.05, 0) is 12.1 Å². The standard InChI is InChI=1S/C9H9BrN2O2/c10-5-8(13)12-7-4-2-1-3-6(7)9(11)14/h1-4H,5H2,(H2,11,14)(H,12,13). The predicted octanol–water partition coefficient (Wildman–Crippen LogP) is 1.12. The van der Waals surface area contributed by atoms with Gasteiger partial charge in [0.1, 0.15) is 0 Å². The van der Waals surface area contributed by atoms with Gasteiger partial charge in [-0.3, -0.25) is 9.59 Å². The minimum atomic E-state index is -0.560. The van der Waals surface area contributed by atoms with Gasteiger partial charge in [0.05, 0.1) is 16.6 Å². The summed E-state index contributed by atoms with van der Waals surface area (Å²) in [4.78, 5) is 22.0. The fraction of sp³-hybridized carbons (Fsp3) is 0.111. The second-order valence-corrected chi connectivity index (χ2v) is 3.15. The number of primary amides is 1. The van der Waals surface area contributed by atoms with Crippen molar-refractivity contribution in [3.8, 4) is 0 Å². The number of rotatable bonds is 3. The van der Waals surface area contributed by atoms with Crippen LogP contribution in [0.15, 0.2) is 24.3 Å². The lowest BCUT2D eigenvalue weighted by atomic mass is 10.1. The number of hydrogen-bond acceptors (Lipinski definition) is 2. The number of carbonyl (C=O) groups excluding carboxylic acids is 2. The van der Waals surface area contributed by atoms with Gasteiger partial charge in [0.25, 0.3) is 5.91 Å². The number of halogens is 1. The zero-order valence-corrected chi connectivity index (χ0v) is 8.87. The highest BCUT2D eigenvalue weighted by Gasteiger charge is 2.08. The highest BCUT2D eigenvalue weighted by molar-refractivity contribution is 9.09. The Balaban J connectivity index is 2.95.